The zero-order chi connectivity index (χ0) is 11.8. The molecule has 0 atom stereocenters. The molecule has 0 spiro atoms. The summed E-state index contributed by atoms with van der Waals surface area (Å²) in [5.41, 5.74) is 1.40. The molecule has 0 bridgehead atoms. The lowest BCUT2D eigenvalue weighted by molar-refractivity contribution is 0.320. The third-order valence-electron chi connectivity index (χ3n) is 2.39. The summed E-state index contributed by atoms with van der Waals surface area (Å²) in [5.74, 6) is 0. The van der Waals surface area contributed by atoms with Crippen LogP contribution in [0, 0.1) is 0 Å². The van der Waals surface area contributed by atoms with Crippen LogP contribution in [0.5, 0.6) is 0 Å². The van der Waals surface area contributed by atoms with E-state index in [-0.39, 0.29) is 0 Å². The van der Waals surface area contributed by atoms with Gasteiger partial charge in [0, 0.05) is 6.54 Å². The molecule has 1 aromatic rings. The van der Waals surface area contributed by atoms with E-state index in [2.05, 4.69) is 51.6 Å². The quantitative estimate of drug-likeness (QED) is 0.741. The molecular formula is C12H21BrN2S. The molecular weight excluding hydrogens is 284 g/mol. The largest absolute Gasteiger partial charge is 0.317 e. The van der Waals surface area contributed by atoms with Crippen LogP contribution < -0.4 is 5.32 Å². The molecule has 0 fully saturated rings. The van der Waals surface area contributed by atoms with Gasteiger partial charge in [0.05, 0.1) is 3.79 Å². The number of hydrogen-bond donors (Lipinski definition) is 1. The first kappa shape index (κ1) is 14.2. The summed E-state index contributed by atoms with van der Waals surface area (Å²) in [5, 5.41) is 5.64. The molecule has 0 unspecified atom stereocenters. The summed E-state index contributed by atoms with van der Waals surface area (Å²) in [6.45, 7) is 6.68. The van der Waals surface area contributed by atoms with E-state index in [0.29, 0.717) is 0 Å². The number of hydrogen-bond acceptors (Lipinski definition) is 3. The first-order valence-electron chi connectivity index (χ1n) is 5.84. The normalized spacial score (nSPS) is 11.2. The minimum Gasteiger partial charge on any atom is -0.317 e. The number of nitrogens with one attached hydrogen (secondary N) is 1. The average Bonchev–Trinajstić information content (AvgIpc) is 2.63. The maximum absolute atomic E-state index is 3.49. The van der Waals surface area contributed by atoms with E-state index >= 15 is 0 Å². The first-order chi connectivity index (χ1) is 7.72. The van der Waals surface area contributed by atoms with Crippen molar-refractivity contribution >= 4 is 27.3 Å². The number of halogens is 1. The summed E-state index contributed by atoms with van der Waals surface area (Å²) in [6.07, 6.45) is 2.45. The van der Waals surface area contributed by atoms with Crippen molar-refractivity contribution in [2.24, 2.45) is 0 Å². The topological polar surface area (TPSA) is 15.3 Å². The van der Waals surface area contributed by atoms with Gasteiger partial charge in [-0.25, -0.2) is 0 Å². The predicted octanol–water partition coefficient (Wildman–Crippen LogP) is 3.33. The van der Waals surface area contributed by atoms with Gasteiger partial charge < -0.3 is 10.2 Å². The van der Waals surface area contributed by atoms with Crippen molar-refractivity contribution in [1.29, 1.82) is 0 Å². The zero-order valence-electron chi connectivity index (χ0n) is 10.1. The molecule has 4 heteroatoms. The predicted molar refractivity (Wildman–Crippen MR) is 76.1 cm³/mol. The monoisotopic (exact) mass is 304 g/mol. The molecule has 16 heavy (non-hydrogen) atoms. The molecule has 0 aliphatic carbocycles. The fraction of sp³-hybridized carbons (Fsp3) is 0.667. The lowest BCUT2D eigenvalue weighted by Crippen LogP contribution is -2.24. The van der Waals surface area contributed by atoms with Gasteiger partial charge in [-0.2, -0.15) is 0 Å². The van der Waals surface area contributed by atoms with E-state index in [9.17, 15) is 0 Å². The molecule has 0 saturated carbocycles. The summed E-state index contributed by atoms with van der Waals surface area (Å²) in [4.78, 5) is 2.38. The van der Waals surface area contributed by atoms with Crippen molar-refractivity contribution in [3.63, 3.8) is 0 Å². The molecule has 0 radical (unpaired) electrons. The Kier molecular flexibility index (Phi) is 7.28. The highest BCUT2D eigenvalue weighted by atomic mass is 79.9. The minimum absolute atomic E-state index is 1.05. The molecule has 1 aromatic heterocycles. The van der Waals surface area contributed by atoms with E-state index in [1.54, 1.807) is 11.3 Å². The summed E-state index contributed by atoms with van der Waals surface area (Å²) >= 11 is 5.25. The second-order valence-corrected chi connectivity index (χ2v) is 6.39. The molecule has 1 N–H and O–H groups in total. The number of rotatable bonds is 8. The lowest BCUT2D eigenvalue weighted by Gasteiger charge is -2.15. The van der Waals surface area contributed by atoms with Crippen LogP contribution in [0.3, 0.4) is 0 Å². The fourth-order valence-corrected chi connectivity index (χ4v) is 2.80. The van der Waals surface area contributed by atoms with Gasteiger partial charge in [0.25, 0.3) is 0 Å². The molecule has 0 amide bonds. The molecule has 1 rings (SSSR count). The number of thiophene rings is 1. The van der Waals surface area contributed by atoms with Crippen molar-refractivity contribution < 1.29 is 0 Å². The second kappa shape index (κ2) is 8.23. The molecule has 1 heterocycles. The van der Waals surface area contributed by atoms with E-state index in [0.717, 1.165) is 26.2 Å². The van der Waals surface area contributed by atoms with Crippen LogP contribution >= 0.6 is 27.3 Å². The Bertz CT molecular complexity index is 288. The summed E-state index contributed by atoms with van der Waals surface area (Å²) < 4.78 is 1.22. The Morgan fingerprint density at radius 3 is 2.88 bits per heavy atom. The maximum atomic E-state index is 3.49. The fourth-order valence-electron chi connectivity index (χ4n) is 1.60. The van der Waals surface area contributed by atoms with Crippen molar-refractivity contribution in [1.82, 2.24) is 10.2 Å². The Balaban J connectivity index is 2.09. The van der Waals surface area contributed by atoms with Crippen LogP contribution in [-0.2, 0) is 6.54 Å². The van der Waals surface area contributed by atoms with Gasteiger partial charge in [-0.3, -0.25) is 0 Å². The van der Waals surface area contributed by atoms with Crippen LogP contribution in [0.1, 0.15) is 25.3 Å². The smallest absolute Gasteiger partial charge is 0.0701 e. The highest BCUT2D eigenvalue weighted by molar-refractivity contribution is 9.11. The van der Waals surface area contributed by atoms with Gasteiger partial charge >= 0.3 is 0 Å². The van der Waals surface area contributed by atoms with E-state index in [4.69, 9.17) is 0 Å². The van der Waals surface area contributed by atoms with Crippen molar-refractivity contribution in [3.8, 4) is 0 Å². The molecule has 2 nitrogen and oxygen atoms in total. The van der Waals surface area contributed by atoms with E-state index < -0.39 is 0 Å². The minimum atomic E-state index is 1.05. The lowest BCUT2D eigenvalue weighted by atomic mass is 10.3. The third-order valence-corrected chi connectivity index (χ3v) is 3.95. The van der Waals surface area contributed by atoms with Gasteiger partial charge in [0.1, 0.15) is 0 Å². The highest BCUT2D eigenvalue weighted by Gasteiger charge is 2.02. The summed E-state index contributed by atoms with van der Waals surface area (Å²) in [7, 11) is 2.19. The standard InChI is InChI=1S/C12H21BrN2S/c1-3-5-14-6-4-7-15(2)9-11-8-12(13)16-10-11/h8,10,14H,3-7,9H2,1-2H3. The van der Waals surface area contributed by atoms with Gasteiger partial charge in [-0.05, 0) is 72.5 Å². The van der Waals surface area contributed by atoms with Crippen LogP contribution in [0.15, 0.2) is 15.2 Å². The maximum Gasteiger partial charge on any atom is 0.0701 e. The summed E-state index contributed by atoms with van der Waals surface area (Å²) in [6, 6.07) is 2.20. The van der Waals surface area contributed by atoms with E-state index in [1.807, 2.05) is 0 Å². The molecule has 0 aromatic carbocycles. The van der Waals surface area contributed by atoms with Crippen LogP contribution in [0.25, 0.3) is 0 Å². The average molecular weight is 305 g/mol. The van der Waals surface area contributed by atoms with Crippen LogP contribution in [0.4, 0.5) is 0 Å². The molecule has 92 valence electrons. The van der Waals surface area contributed by atoms with Crippen molar-refractivity contribution in [2.75, 3.05) is 26.7 Å². The van der Waals surface area contributed by atoms with Crippen LogP contribution in [0.2, 0.25) is 0 Å². The Hall–Kier alpha value is 0.100. The Morgan fingerprint density at radius 1 is 1.44 bits per heavy atom. The molecule has 0 saturated heterocycles. The third kappa shape index (κ3) is 5.99. The SMILES string of the molecule is CCCNCCCN(C)Cc1csc(Br)c1. The Morgan fingerprint density at radius 2 is 2.25 bits per heavy atom. The van der Waals surface area contributed by atoms with Gasteiger partial charge in [0.15, 0.2) is 0 Å². The molecule has 0 aliphatic rings. The van der Waals surface area contributed by atoms with Gasteiger partial charge in [-0.15, -0.1) is 11.3 Å². The van der Waals surface area contributed by atoms with Gasteiger partial charge in [-0.1, -0.05) is 6.92 Å². The van der Waals surface area contributed by atoms with Crippen molar-refractivity contribution in [2.45, 2.75) is 26.3 Å². The van der Waals surface area contributed by atoms with Crippen LogP contribution in [-0.4, -0.2) is 31.6 Å². The van der Waals surface area contributed by atoms with Crippen molar-refractivity contribution in [3.05, 3.63) is 20.8 Å². The Labute approximate surface area is 111 Å². The van der Waals surface area contributed by atoms with Gasteiger partial charge in [0.2, 0.25) is 0 Å². The zero-order valence-corrected chi connectivity index (χ0v) is 12.5. The number of nitrogens with zero attached hydrogens (tertiary/aromatic N) is 1. The first-order valence-corrected chi connectivity index (χ1v) is 7.51. The van der Waals surface area contributed by atoms with E-state index in [1.165, 1.54) is 22.2 Å². The second-order valence-electron chi connectivity index (χ2n) is 4.10. The highest BCUT2D eigenvalue weighted by Crippen LogP contribution is 2.21. The molecule has 0 aliphatic heterocycles.